The molecule has 28 heavy (non-hydrogen) atoms. The highest BCUT2D eigenvalue weighted by Gasteiger charge is 2.28. The lowest BCUT2D eigenvalue weighted by Crippen LogP contribution is -1.96. The molecule has 138 valence electrons. The van der Waals surface area contributed by atoms with Gasteiger partial charge in [0.25, 0.3) is 0 Å². The van der Waals surface area contributed by atoms with Gasteiger partial charge in [-0.1, -0.05) is 19.1 Å². The third-order valence-corrected chi connectivity index (χ3v) is 5.50. The van der Waals surface area contributed by atoms with E-state index in [1.54, 1.807) is 7.11 Å². The summed E-state index contributed by atoms with van der Waals surface area (Å²) in [5.41, 5.74) is 5.76. The van der Waals surface area contributed by atoms with Crippen LogP contribution in [0.2, 0.25) is 0 Å². The summed E-state index contributed by atoms with van der Waals surface area (Å²) >= 11 is 0. The minimum atomic E-state index is 0.456. The quantitative estimate of drug-likeness (QED) is 0.507. The Balaban J connectivity index is 1.85. The molecule has 5 nitrogen and oxygen atoms in total. The van der Waals surface area contributed by atoms with E-state index in [1.807, 2.05) is 36.5 Å². The molecule has 1 aliphatic rings. The molecule has 4 aromatic rings. The standard InChI is InChI=1S/C23H20N4O/c1-3-15-10-18-19(11-21(15)28-2)25-13-20-22(18)23(26-27(20)17-8-9-17)16-6-4-14(12-24)5-7-16/h4-7,10-11,13,17H,3,8-9H2,1-2H3. The van der Waals surface area contributed by atoms with Crippen LogP contribution < -0.4 is 4.74 Å². The predicted octanol–water partition coefficient (Wildman–Crippen LogP) is 5.03. The molecule has 0 N–H and O–H groups in total. The Hall–Kier alpha value is -3.39. The average molecular weight is 368 g/mol. The smallest absolute Gasteiger partial charge is 0.124 e. The van der Waals surface area contributed by atoms with Gasteiger partial charge in [0.2, 0.25) is 0 Å². The summed E-state index contributed by atoms with van der Waals surface area (Å²) in [5, 5.41) is 16.3. The van der Waals surface area contributed by atoms with E-state index in [-0.39, 0.29) is 0 Å². The second kappa shape index (κ2) is 6.35. The van der Waals surface area contributed by atoms with E-state index in [0.717, 1.165) is 63.6 Å². The summed E-state index contributed by atoms with van der Waals surface area (Å²) in [6.45, 7) is 2.13. The fourth-order valence-corrected chi connectivity index (χ4v) is 3.86. The molecule has 1 fully saturated rings. The van der Waals surface area contributed by atoms with Crippen molar-refractivity contribution in [2.24, 2.45) is 0 Å². The van der Waals surface area contributed by atoms with Crippen LogP contribution in [-0.4, -0.2) is 21.9 Å². The number of methoxy groups -OCH3 is 1. The van der Waals surface area contributed by atoms with Crippen molar-refractivity contribution in [3.05, 3.63) is 53.7 Å². The zero-order chi connectivity index (χ0) is 19.3. The molecule has 1 aliphatic carbocycles. The molecule has 0 amide bonds. The van der Waals surface area contributed by atoms with Crippen LogP contribution in [0, 0.1) is 11.3 Å². The van der Waals surface area contributed by atoms with Crippen LogP contribution in [0.1, 0.15) is 36.9 Å². The molecule has 0 unspecified atom stereocenters. The summed E-state index contributed by atoms with van der Waals surface area (Å²) in [6.07, 6.45) is 5.13. The minimum absolute atomic E-state index is 0.456. The zero-order valence-corrected chi connectivity index (χ0v) is 15.9. The highest BCUT2D eigenvalue weighted by Crippen LogP contribution is 2.42. The van der Waals surface area contributed by atoms with Gasteiger partial charge in [-0.05, 0) is 43.0 Å². The number of hydrogen-bond acceptors (Lipinski definition) is 4. The van der Waals surface area contributed by atoms with E-state index in [0.29, 0.717) is 11.6 Å². The van der Waals surface area contributed by atoms with Crippen LogP contribution in [0.5, 0.6) is 5.75 Å². The molecule has 0 atom stereocenters. The van der Waals surface area contributed by atoms with Crippen molar-refractivity contribution in [3.63, 3.8) is 0 Å². The average Bonchev–Trinajstić information content (AvgIpc) is 3.52. The molecule has 5 heteroatoms. The lowest BCUT2D eigenvalue weighted by molar-refractivity contribution is 0.411. The molecule has 0 bridgehead atoms. The normalized spacial score (nSPS) is 13.8. The van der Waals surface area contributed by atoms with E-state index < -0.39 is 0 Å². The number of hydrogen-bond donors (Lipinski definition) is 0. The van der Waals surface area contributed by atoms with Crippen LogP contribution in [0.3, 0.4) is 0 Å². The summed E-state index contributed by atoms with van der Waals surface area (Å²) in [5.74, 6) is 0.872. The molecule has 5 rings (SSSR count). The topological polar surface area (TPSA) is 63.7 Å². The number of ether oxygens (including phenoxy) is 1. The van der Waals surface area contributed by atoms with Crippen LogP contribution >= 0.6 is 0 Å². The molecule has 2 aromatic heterocycles. The van der Waals surface area contributed by atoms with Gasteiger partial charge in [0, 0.05) is 22.4 Å². The third kappa shape index (κ3) is 2.53. The van der Waals surface area contributed by atoms with Crippen LogP contribution in [0.4, 0.5) is 0 Å². The van der Waals surface area contributed by atoms with Gasteiger partial charge in [0.05, 0.1) is 42.0 Å². The minimum Gasteiger partial charge on any atom is -0.496 e. The number of nitriles is 1. The van der Waals surface area contributed by atoms with Crippen LogP contribution in [-0.2, 0) is 6.42 Å². The van der Waals surface area contributed by atoms with Gasteiger partial charge in [-0.15, -0.1) is 0 Å². The second-order valence-electron chi connectivity index (χ2n) is 7.27. The molecule has 1 saturated carbocycles. The predicted molar refractivity (Wildman–Crippen MR) is 109 cm³/mol. The summed E-state index contributed by atoms with van der Waals surface area (Å²) in [7, 11) is 1.70. The second-order valence-corrected chi connectivity index (χ2v) is 7.27. The first kappa shape index (κ1) is 16.8. The van der Waals surface area contributed by atoms with Crippen molar-refractivity contribution in [1.82, 2.24) is 14.8 Å². The van der Waals surface area contributed by atoms with Crippen molar-refractivity contribution in [2.75, 3.05) is 7.11 Å². The van der Waals surface area contributed by atoms with E-state index in [4.69, 9.17) is 20.1 Å². The lowest BCUT2D eigenvalue weighted by atomic mass is 10.0. The van der Waals surface area contributed by atoms with E-state index in [1.165, 1.54) is 0 Å². The Morgan fingerprint density at radius 2 is 2.00 bits per heavy atom. The number of fused-ring (bicyclic) bond motifs is 3. The van der Waals surface area contributed by atoms with E-state index >= 15 is 0 Å². The van der Waals surface area contributed by atoms with E-state index in [9.17, 15) is 0 Å². The molecule has 0 spiro atoms. The van der Waals surface area contributed by atoms with E-state index in [2.05, 4.69) is 23.7 Å². The maximum absolute atomic E-state index is 9.11. The van der Waals surface area contributed by atoms with Gasteiger partial charge in [0.15, 0.2) is 0 Å². The van der Waals surface area contributed by atoms with Gasteiger partial charge in [-0.3, -0.25) is 9.67 Å². The van der Waals surface area contributed by atoms with Gasteiger partial charge in [-0.2, -0.15) is 10.4 Å². The van der Waals surface area contributed by atoms with Crippen LogP contribution in [0.25, 0.3) is 33.1 Å². The molecule has 0 radical (unpaired) electrons. The Kier molecular flexibility index (Phi) is 3.80. The molecule has 2 aromatic carbocycles. The number of aryl methyl sites for hydroxylation is 1. The van der Waals surface area contributed by atoms with Gasteiger partial charge in [-0.25, -0.2) is 0 Å². The van der Waals surface area contributed by atoms with Crippen molar-refractivity contribution in [2.45, 2.75) is 32.2 Å². The third-order valence-electron chi connectivity index (χ3n) is 5.50. The first-order valence-corrected chi connectivity index (χ1v) is 9.62. The maximum Gasteiger partial charge on any atom is 0.124 e. The Morgan fingerprint density at radius 1 is 1.21 bits per heavy atom. The van der Waals surface area contributed by atoms with Crippen molar-refractivity contribution >= 4 is 21.8 Å². The summed E-state index contributed by atoms with van der Waals surface area (Å²) in [6, 6.07) is 14.5. The monoisotopic (exact) mass is 368 g/mol. The van der Waals surface area contributed by atoms with Gasteiger partial charge in [0.1, 0.15) is 11.4 Å². The van der Waals surface area contributed by atoms with Crippen molar-refractivity contribution < 1.29 is 4.74 Å². The fourth-order valence-electron chi connectivity index (χ4n) is 3.86. The first-order valence-electron chi connectivity index (χ1n) is 9.62. The summed E-state index contributed by atoms with van der Waals surface area (Å²) in [4.78, 5) is 4.71. The molecule has 0 saturated heterocycles. The number of benzene rings is 2. The highest BCUT2D eigenvalue weighted by molar-refractivity contribution is 6.11. The number of pyridine rings is 1. The number of nitrogens with zero attached hydrogens (tertiary/aromatic N) is 4. The molecular weight excluding hydrogens is 348 g/mol. The Bertz CT molecular complexity index is 1240. The Labute approximate surface area is 163 Å². The number of aromatic nitrogens is 3. The molecular formula is C23H20N4O. The first-order chi connectivity index (χ1) is 13.7. The van der Waals surface area contributed by atoms with Crippen molar-refractivity contribution in [1.29, 1.82) is 5.26 Å². The van der Waals surface area contributed by atoms with Crippen molar-refractivity contribution in [3.8, 4) is 23.1 Å². The maximum atomic E-state index is 9.11. The van der Waals surface area contributed by atoms with Crippen LogP contribution in [0.15, 0.2) is 42.6 Å². The fraction of sp³-hybridized carbons (Fsp3) is 0.261. The van der Waals surface area contributed by atoms with Gasteiger partial charge < -0.3 is 4.74 Å². The largest absolute Gasteiger partial charge is 0.496 e. The number of rotatable bonds is 4. The van der Waals surface area contributed by atoms with Gasteiger partial charge >= 0.3 is 0 Å². The zero-order valence-electron chi connectivity index (χ0n) is 15.9. The Morgan fingerprint density at radius 3 is 2.64 bits per heavy atom. The molecule has 2 heterocycles. The highest BCUT2D eigenvalue weighted by atomic mass is 16.5. The molecule has 0 aliphatic heterocycles. The lowest BCUT2D eigenvalue weighted by Gasteiger charge is -2.10. The SMILES string of the molecule is CCc1cc2c(cc1OC)ncc1c2c(-c2ccc(C#N)cc2)nn1C1CC1. The summed E-state index contributed by atoms with van der Waals surface area (Å²) < 4.78 is 7.69.